The van der Waals surface area contributed by atoms with Crippen molar-refractivity contribution in [2.45, 2.75) is 25.3 Å². The summed E-state index contributed by atoms with van der Waals surface area (Å²) in [7, 11) is 0. The molecule has 0 saturated heterocycles. The Morgan fingerprint density at radius 3 is 2.62 bits per heavy atom. The first kappa shape index (κ1) is 23.6. The van der Waals surface area contributed by atoms with Crippen LogP contribution in [0.3, 0.4) is 0 Å². The Kier molecular flexibility index (Phi) is 7.98. The first-order valence-electron chi connectivity index (χ1n) is 11.2. The molecule has 0 saturated carbocycles. The molecule has 0 aliphatic heterocycles. The highest BCUT2D eigenvalue weighted by Crippen LogP contribution is 2.29. The maximum Gasteiger partial charge on any atom is 0.230 e. The van der Waals surface area contributed by atoms with Crippen molar-refractivity contribution in [2.24, 2.45) is 0 Å². The summed E-state index contributed by atoms with van der Waals surface area (Å²) in [6, 6.07) is 15.7. The van der Waals surface area contributed by atoms with Crippen LogP contribution in [0.25, 0.3) is 16.7 Å². The fourth-order valence-corrected chi connectivity index (χ4v) is 4.27. The number of rotatable bonds is 11. The van der Waals surface area contributed by atoms with E-state index in [1.165, 1.54) is 18.1 Å². The van der Waals surface area contributed by atoms with Gasteiger partial charge < -0.3 is 14.8 Å². The van der Waals surface area contributed by atoms with Crippen LogP contribution in [0.2, 0.25) is 0 Å². The summed E-state index contributed by atoms with van der Waals surface area (Å²) >= 11 is 1.38. The second kappa shape index (κ2) is 11.5. The molecule has 4 rings (SSSR count). The number of thioether (sulfide) groups is 1. The standard InChI is InChI=1S/C25H27N5O3S/c1-3-32-21-11-10-18(14-22(21)33-4-2)12-13-26-23(31)16-34-25-20-15-29-30(24(20)27-17-28-25)19-8-6-5-7-9-19/h5-11,14-15,17H,3-4,12-13,16H2,1-2H3,(H,26,31). The van der Waals surface area contributed by atoms with Crippen LogP contribution in [0.4, 0.5) is 0 Å². The molecule has 176 valence electrons. The quantitative estimate of drug-likeness (QED) is 0.257. The maximum absolute atomic E-state index is 12.4. The summed E-state index contributed by atoms with van der Waals surface area (Å²) in [6.07, 6.45) is 3.94. The minimum absolute atomic E-state index is 0.0526. The first-order chi connectivity index (χ1) is 16.7. The topological polar surface area (TPSA) is 91.2 Å². The number of aromatic nitrogens is 4. The zero-order valence-electron chi connectivity index (χ0n) is 19.2. The Morgan fingerprint density at radius 2 is 1.82 bits per heavy atom. The Hall–Kier alpha value is -3.59. The number of benzene rings is 2. The molecule has 2 heterocycles. The smallest absolute Gasteiger partial charge is 0.230 e. The van der Waals surface area contributed by atoms with Crippen molar-refractivity contribution in [1.82, 2.24) is 25.1 Å². The molecule has 0 radical (unpaired) electrons. The van der Waals surface area contributed by atoms with E-state index in [1.54, 1.807) is 10.9 Å². The fraction of sp³-hybridized carbons (Fsp3) is 0.280. The Bertz CT molecular complexity index is 1250. The van der Waals surface area contributed by atoms with E-state index >= 15 is 0 Å². The lowest BCUT2D eigenvalue weighted by atomic mass is 10.1. The van der Waals surface area contributed by atoms with Gasteiger partial charge in [0.2, 0.25) is 5.91 Å². The number of carbonyl (C=O) groups is 1. The Morgan fingerprint density at radius 1 is 1.03 bits per heavy atom. The predicted molar refractivity (Wildman–Crippen MR) is 133 cm³/mol. The highest BCUT2D eigenvalue weighted by Gasteiger charge is 2.13. The van der Waals surface area contributed by atoms with Gasteiger partial charge in [-0.1, -0.05) is 36.0 Å². The predicted octanol–water partition coefficient (Wildman–Crippen LogP) is 4.06. The lowest BCUT2D eigenvalue weighted by Crippen LogP contribution is -2.27. The molecule has 2 aromatic carbocycles. The summed E-state index contributed by atoms with van der Waals surface area (Å²) in [4.78, 5) is 21.2. The zero-order valence-corrected chi connectivity index (χ0v) is 20.0. The number of fused-ring (bicyclic) bond motifs is 1. The minimum atomic E-state index is -0.0526. The summed E-state index contributed by atoms with van der Waals surface area (Å²) < 4.78 is 13.1. The van der Waals surface area contributed by atoms with E-state index < -0.39 is 0 Å². The summed E-state index contributed by atoms with van der Waals surface area (Å²) in [5.41, 5.74) is 2.71. The third kappa shape index (κ3) is 5.66. The van der Waals surface area contributed by atoms with Gasteiger partial charge >= 0.3 is 0 Å². The molecule has 0 spiro atoms. The number of hydrogen-bond donors (Lipinski definition) is 1. The molecule has 4 aromatic rings. The fourth-order valence-electron chi connectivity index (χ4n) is 3.48. The molecule has 9 heteroatoms. The van der Waals surface area contributed by atoms with E-state index in [-0.39, 0.29) is 11.7 Å². The van der Waals surface area contributed by atoms with Crippen LogP contribution in [0, 0.1) is 0 Å². The molecule has 8 nitrogen and oxygen atoms in total. The molecule has 0 aliphatic rings. The molecule has 0 aliphatic carbocycles. The van der Waals surface area contributed by atoms with E-state index in [9.17, 15) is 4.79 Å². The van der Waals surface area contributed by atoms with Gasteiger partial charge in [0.15, 0.2) is 17.1 Å². The van der Waals surface area contributed by atoms with Crippen molar-refractivity contribution in [1.29, 1.82) is 0 Å². The molecule has 0 bridgehead atoms. The molecule has 0 unspecified atom stereocenters. The van der Waals surface area contributed by atoms with E-state index in [0.717, 1.165) is 33.2 Å². The Labute approximate surface area is 202 Å². The third-order valence-electron chi connectivity index (χ3n) is 5.01. The SMILES string of the molecule is CCOc1ccc(CCNC(=O)CSc2ncnc3c2cnn3-c2ccccc2)cc1OCC. The van der Waals surface area contributed by atoms with Gasteiger partial charge in [0.05, 0.1) is 36.2 Å². The largest absolute Gasteiger partial charge is 0.490 e. The van der Waals surface area contributed by atoms with Gasteiger partial charge in [0.25, 0.3) is 0 Å². The zero-order chi connectivity index (χ0) is 23.8. The van der Waals surface area contributed by atoms with Crippen molar-refractivity contribution in [2.75, 3.05) is 25.5 Å². The van der Waals surface area contributed by atoms with Gasteiger partial charge in [-0.05, 0) is 50.1 Å². The normalized spacial score (nSPS) is 10.9. The van der Waals surface area contributed by atoms with E-state index in [4.69, 9.17) is 9.47 Å². The molecule has 2 aromatic heterocycles. The number of nitrogens with zero attached hydrogens (tertiary/aromatic N) is 4. The third-order valence-corrected chi connectivity index (χ3v) is 6.02. The molecular weight excluding hydrogens is 450 g/mol. The summed E-state index contributed by atoms with van der Waals surface area (Å²) in [5, 5.41) is 8.98. The molecule has 1 N–H and O–H groups in total. The van der Waals surface area contributed by atoms with Crippen LogP contribution in [0.5, 0.6) is 11.5 Å². The summed E-state index contributed by atoms with van der Waals surface area (Å²) in [6.45, 7) is 5.57. The van der Waals surface area contributed by atoms with Gasteiger partial charge in [-0.3, -0.25) is 4.79 Å². The molecule has 0 atom stereocenters. The van der Waals surface area contributed by atoms with Crippen molar-refractivity contribution in [3.05, 3.63) is 66.6 Å². The average molecular weight is 478 g/mol. The first-order valence-corrected chi connectivity index (χ1v) is 12.2. The van der Waals surface area contributed by atoms with Crippen molar-refractivity contribution >= 4 is 28.7 Å². The average Bonchev–Trinajstić information content (AvgIpc) is 3.30. The van der Waals surface area contributed by atoms with Crippen LogP contribution in [0.1, 0.15) is 19.4 Å². The lowest BCUT2D eigenvalue weighted by Gasteiger charge is -2.12. The molecule has 0 fully saturated rings. The molecular formula is C25H27N5O3S. The van der Waals surface area contributed by atoms with Crippen LogP contribution in [0.15, 0.2) is 66.1 Å². The number of ether oxygens (including phenoxy) is 2. The van der Waals surface area contributed by atoms with Crippen molar-refractivity contribution in [3.8, 4) is 17.2 Å². The van der Waals surface area contributed by atoms with Crippen LogP contribution < -0.4 is 14.8 Å². The van der Waals surface area contributed by atoms with Crippen LogP contribution in [-0.2, 0) is 11.2 Å². The highest BCUT2D eigenvalue weighted by molar-refractivity contribution is 8.00. The van der Waals surface area contributed by atoms with E-state index in [0.29, 0.717) is 31.8 Å². The monoisotopic (exact) mass is 477 g/mol. The highest BCUT2D eigenvalue weighted by atomic mass is 32.2. The molecule has 34 heavy (non-hydrogen) atoms. The number of hydrogen-bond acceptors (Lipinski definition) is 7. The minimum Gasteiger partial charge on any atom is -0.490 e. The number of amides is 1. The lowest BCUT2D eigenvalue weighted by molar-refractivity contribution is -0.118. The van der Waals surface area contributed by atoms with E-state index in [2.05, 4.69) is 20.4 Å². The van der Waals surface area contributed by atoms with Gasteiger partial charge in [-0.15, -0.1) is 0 Å². The van der Waals surface area contributed by atoms with E-state index in [1.807, 2.05) is 62.4 Å². The van der Waals surface area contributed by atoms with Crippen molar-refractivity contribution < 1.29 is 14.3 Å². The second-order valence-corrected chi connectivity index (χ2v) is 8.31. The van der Waals surface area contributed by atoms with Crippen LogP contribution in [-0.4, -0.2) is 51.2 Å². The van der Waals surface area contributed by atoms with Gasteiger partial charge in [-0.2, -0.15) is 5.10 Å². The van der Waals surface area contributed by atoms with Gasteiger partial charge in [-0.25, -0.2) is 14.6 Å². The molecule has 1 amide bonds. The second-order valence-electron chi connectivity index (χ2n) is 7.34. The Balaban J connectivity index is 1.32. The van der Waals surface area contributed by atoms with Gasteiger partial charge in [0, 0.05) is 6.54 Å². The van der Waals surface area contributed by atoms with Gasteiger partial charge in [0.1, 0.15) is 11.4 Å². The number of nitrogens with one attached hydrogen (secondary N) is 1. The summed E-state index contributed by atoms with van der Waals surface area (Å²) in [5.74, 6) is 1.67. The van der Waals surface area contributed by atoms with Crippen LogP contribution >= 0.6 is 11.8 Å². The number of para-hydroxylation sites is 1. The van der Waals surface area contributed by atoms with Crippen molar-refractivity contribution in [3.63, 3.8) is 0 Å². The maximum atomic E-state index is 12.4. The number of carbonyl (C=O) groups excluding carboxylic acids is 1.